The fourth-order valence-corrected chi connectivity index (χ4v) is 3.45. The monoisotopic (exact) mass is 236 g/mol. The van der Waals surface area contributed by atoms with Crippen molar-refractivity contribution in [1.82, 2.24) is 0 Å². The van der Waals surface area contributed by atoms with E-state index in [-0.39, 0.29) is 0 Å². The van der Waals surface area contributed by atoms with E-state index < -0.39 is 11.3 Å². The van der Waals surface area contributed by atoms with Crippen molar-refractivity contribution in [2.24, 2.45) is 0 Å². The third kappa shape index (κ3) is 1.17. The summed E-state index contributed by atoms with van der Waals surface area (Å²) in [7, 11) is 0. The van der Waals surface area contributed by atoms with Crippen molar-refractivity contribution in [3.63, 3.8) is 0 Å². The molecular weight excluding hydrogens is 232 g/mol. The molecule has 74 valence electrons. The van der Waals surface area contributed by atoms with Gasteiger partial charge in [-0.25, -0.2) is 9.59 Å². The number of thiophene rings is 2. The smallest absolute Gasteiger partial charge is 0.347 e. The van der Waals surface area contributed by atoms with E-state index in [9.17, 15) is 9.59 Å². The van der Waals surface area contributed by atoms with E-state index in [0.717, 1.165) is 9.40 Å². The molecule has 3 nitrogen and oxygen atoms in total. The molecule has 0 N–H and O–H groups in total. The molecular formula is C10H4O3S2. The molecule has 0 aromatic carbocycles. The Morgan fingerprint density at radius 3 is 1.80 bits per heavy atom. The minimum Gasteiger partial charge on any atom is -0.386 e. The highest BCUT2D eigenvalue weighted by Crippen LogP contribution is 2.28. The second-order valence-electron chi connectivity index (χ2n) is 3.00. The average Bonchev–Trinajstić information content (AvgIpc) is 2.83. The van der Waals surface area contributed by atoms with Gasteiger partial charge in [-0.15, -0.1) is 22.7 Å². The summed E-state index contributed by atoms with van der Waals surface area (Å²) in [6.45, 7) is 0. The lowest BCUT2D eigenvalue weighted by Gasteiger charge is -1.78. The first-order valence-corrected chi connectivity index (χ1v) is 5.95. The molecule has 0 aliphatic rings. The third-order valence-electron chi connectivity index (χ3n) is 2.16. The van der Waals surface area contributed by atoms with E-state index in [1.165, 1.54) is 22.7 Å². The largest absolute Gasteiger partial charge is 0.386 e. The van der Waals surface area contributed by atoms with Crippen molar-refractivity contribution in [3.8, 4) is 0 Å². The lowest BCUT2D eigenvalue weighted by molar-refractivity contribution is 0.491. The van der Waals surface area contributed by atoms with Crippen LogP contribution in [0.2, 0.25) is 0 Å². The van der Waals surface area contributed by atoms with Crippen LogP contribution in [0.5, 0.6) is 0 Å². The van der Waals surface area contributed by atoms with Crippen LogP contribution in [-0.4, -0.2) is 0 Å². The molecule has 3 rings (SSSR count). The summed E-state index contributed by atoms with van der Waals surface area (Å²) in [5, 5.41) is 4.61. The molecule has 0 aliphatic heterocycles. The normalized spacial score (nSPS) is 11.2. The molecule has 0 radical (unpaired) electrons. The number of rotatable bonds is 0. The SMILES string of the molecule is O=c1oc(=O)c2ccsc2c2sccc12. The second kappa shape index (κ2) is 3.01. The van der Waals surface area contributed by atoms with Gasteiger partial charge >= 0.3 is 11.3 Å². The van der Waals surface area contributed by atoms with Crippen molar-refractivity contribution < 1.29 is 4.42 Å². The highest BCUT2D eigenvalue weighted by Gasteiger charge is 2.09. The molecule has 0 spiro atoms. The maximum atomic E-state index is 11.5. The van der Waals surface area contributed by atoms with Crippen LogP contribution in [0, 0.1) is 0 Å². The van der Waals surface area contributed by atoms with Gasteiger partial charge in [0.1, 0.15) is 0 Å². The summed E-state index contributed by atoms with van der Waals surface area (Å²) in [5.74, 6) is 0. The third-order valence-corrected chi connectivity index (χ3v) is 4.15. The van der Waals surface area contributed by atoms with Crippen LogP contribution in [0.1, 0.15) is 0 Å². The van der Waals surface area contributed by atoms with Crippen LogP contribution in [0.3, 0.4) is 0 Å². The van der Waals surface area contributed by atoms with Crippen LogP contribution in [0.15, 0.2) is 36.9 Å². The van der Waals surface area contributed by atoms with Crippen LogP contribution in [0.25, 0.3) is 20.2 Å². The Bertz CT molecular complexity index is 699. The van der Waals surface area contributed by atoms with Crippen molar-refractivity contribution in [2.75, 3.05) is 0 Å². The Morgan fingerprint density at radius 1 is 0.867 bits per heavy atom. The lowest BCUT2D eigenvalue weighted by atomic mass is 10.3. The molecule has 3 heterocycles. The molecule has 3 aromatic rings. The van der Waals surface area contributed by atoms with Gasteiger partial charge in [0.15, 0.2) is 0 Å². The van der Waals surface area contributed by atoms with Gasteiger partial charge in [0, 0.05) is 0 Å². The Hall–Kier alpha value is -1.46. The molecule has 15 heavy (non-hydrogen) atoms. The highest BCUT2D eigenvalue weighted by atomic mass is 32.1. The van der Waals surface area contributed by atoms with Crippen LogP contribution < -0.4 is 11.3 Å². The van der Waals surface area contributed by atoms with Crippen LogP contribution in [0.4, 0.5) is 0 Å². The number of hydrogen-bond donors (Lipinski definition) is 0. The van der Waals surface area contributed by atoms with Gasteiger partial charge in [0.05, 0.1) is 20.2 Å². The lowest BCUT2D eigenvalue weighted by Crippen LogP contribution is -2.03. The Balaban J connectivity index is 2.86. The Kier molecular flexibility index (Phi) is 1.77. The van der Waals surface area contributed by atoms with E-state index in [4.69, 9.17) is 4.42 Å². The maximum Gasteiger partial charge on any atom is 0.347 e. The molecule has 0 atom stereocenters. The number of fused-ring (bicyclic) bond motifs is 3. The van der Waals surface area contributed by atoms with Gasteiger partial charge in [0.2, 0.25) is 0 Å². The predicted octanol–water partition coefficient (Wildman–Crippen LogP) is 2.43. The van der Waals surface area contributed by atoms with Gasteiger partial charge in [-0.05, 0) is 22.9 Å². The molecule has 3 aromatic heterocycles. The summed E-state index contributed by atoms with van der Waals surface area (Å²) in [6, 6.07) is 3.37. The molecule has 0 amide bonds. The molecule has 0 unspecified atom stereocenters. The minimum absolute atomic E-state index is 0.481. The Labute approximate surface area is 91.2 Å². The quantitative estimate of drug-likeness (QED) is 0.602. The van der Waals surface area contributed by atoms with Gasteiger partial charge in [-0.2, -0.15) is 0 Å². The summed E-state index contributed by atoms with van der Waals surface area (Å²) < 4.78 is 6.38. The molecule has 5 heteroatoms. The average molecular weight is 236 g/mol. The second-order valence-corrected chi connectivity index (χ2v) is 4.84. The fourth-order valence-electron chi connectivity index (χ4n) is 1.49. The maximum absolute atomic E-state index is 11.5. The predicted molar refractivity (Wildman–Crippen MR) is 62.0 cm³/mol. The molecule has 0 saturated heterocycles. The summed E-state index contributed by atoms with van der Waals surface area (Å²) in [5.41, 5.74) is -1.11. The van der Waals surface area contributed by atoms with Gasteiger partial charge in [0.25, 0.3) is 0 Å². The number of hydrogen-bond acceptors (Lipinski definition) is 5. The first-order valence-electron chi connectivity index (χ1n) is 4.19. The summed E-state index contributed by atoms with van der Waals surface area (Å²) in [4.78, 5) is 23.0. The van der Waals surface area contributed by atoms with Crippen molar-refractivity contribution in [1.29, 1.82) is 0 Å². The minimum atomic E-state index is -0.556. The van der Waals surface area contributed by atoms with E-state index in [2.05, 4.69) is 0 Å². The zero-order valence-electron chi connectivity index (χ0n) is 7.35. The van der Waals surface area contributed by atoms with Crippen molar-refractivity contribution in [3.05, 3.63) is 43.7 Å². The first kappa shape index (κ1) is 8.82. The summed E-state index contributed by atoms with van der Waals surface area (Å²) in [6.07, 6.45) is 0. The fraction of sp³-hybridized carbons (Fsp3) is 0. The Morgan fingerprint density at radius 2 is 1.33 bits per heavy atom. The van der Waals surface area contributed by atoms with Crippen molar-refractivity contribution >= 4 is 42.8 Å². The molecule has 0 saturated carbocycles. The zero-order chi connectivity index (χ0) is 10.4. The van der Waals surface area contributed by atoms with Crippen LogP contribution in [-0.2, 0) is 0 Å². The van der Waals surface area contributed by atoms with Crippen LogP contribution >= 0.6 is 22.7 Å². The topological polar surface area (TPSA) is 47.3 Å². The standard InChI is InChI=1S/C10H4O3S2/c11-9-5-1-3-14-7(5)8-6(2-4-15-8)10(12)13-9/h1-4H. The molecule has 0 bridgehead atoms. The van der Waals surface area contributed by atoms with E-state index in [1.807, 2.05) is 10.8 Å². The van der Waals surface area contributed by atoms with Gasteiger partial charge < -0.3 is 4.42 Å². The van der Waals surface area contributed by atoms with Crippen molar-refractivity contribution in [2.45, 2.75) is 0 Å². The molecule has 0 aliphatic carbocycles. The van der Waals surface area contributed by atoms with E-state index in [1.54, 1.807) is 12.1 Å². The highest BCUT2D eigenvalue weighted by molar-refractivity contribution is 7.25. The van der Waals surface area contributed by atoms with E-state index in [0.29, 0.717) is 10.8 Å². The van der Waals surface area contributed by atoms with Gasteiger partial charge in [-0.3, -0.25) is 0 Å². The molecule has 0 fully saturated rings. The summed E-state index contributed by atoms with van der Waals surface area (Å²) >= 11 is 2.90. The van der Waals surface area contributed by atoms with E-state index >= 15 is 0 Å². The first-order chi connectivity index (χ1) is 7.27. The van der Waals surface area contributed by atoms with Gasteiger partial charge in [-0.1, -0.05) is 0 Å². The zero-order valence-corrected chi connectivity index (χ0v) is 8.98.